The second kappa shape index (κ2) is 6.54. The quantitative estimate of drug-likeness (QED) is 0.815. The summed E-state index contributed by atoms with van der Waals surface area (Å²) in [5.41, 5.74) is 1.19. The van der Waals surface area contributed by atoms with Crippen molar-refractivity contribution in [1.29, 1.82) is 0 Å². The summed E-state index contributed by atoms with van der Waals surface area (Å²) in [6.45, 7) is 3.69. The molecular formula is C13H17N5. The minimum atomic E-state index is 0.542. The molecule has 0 saturated heterocycles. The SMILES string of the molecule is CCCNc1cnnc(NCc2ccccc2)n1. The summed E-state index contributed by atoms with van der Waals surface area (Å²) in [7, 11) is 0. The van der Waals surface area contributed by atoms with Crippen LogP contribution in [0.5, 0.6) is 0 Å². The molecule has 5 nitrogen and oxygen atoms in total. The number of anilines is 2. The maximum atomic E-state index is 4.33. The molecule has 2 aromatic rings. The topological polar surface area (TPSA) is 62.7 Å². The predicted molar refractivity (Wildman–Crippen MR) is 72.4 cm³/mol. The van der Waals surface area contributed by atoms with E-state index in [9.17, 15) is 0 Å². The molecule has 0 saturated carbocycles. The number of rotatable bonds is 6. The van der Waals surface area contributed by atoms with Crippen LogP contribution in [0.25, 0.3) is 0 Å². The zero-order valence-corrected chi connectivity index (χ0v) is 10.4. The fourth-order valence-corrected chi connectivity index (χ4v) is 1.49. The molecule has 0 amide bonds. The first-order valence-corrected chi connectivity index (χ1v) is 6.10. The Balaban J connectivity index is 1.93. The zero-order valence-electron chi connectivity index (χ0n) is 10.4. The van der Waals surface area contributed by atoms with Gasteiger partial charge in [-0.3, -0.25) is 0 Å². The molecule has 94 valence electrons. The number of hydrogen-bond donors (Lipinski definition) is 2. The van der Waals surface area contributed by atoms with E-state index >= 15 is 0 Å². The second-order valence-corrected chi connectivity index (χ2v) is 3.93. The fourth-order valence-electron chi connectivity index (χ4n) is 1.49. The molecule has 0 fully saturated rings. The smallest absolute Gasteiger partial charge is 0.244 e. The number of aromatic nitrogens is 3. The lowest BCUT2D eigenvalue weighted by molar-refractivity contribution is 0.919. The van der Waals surface area contributed by atoms with Gasteiger partial charge in [0.2, 0.25) is 5.95 Å². The lowest BCUT2D eigenvalue weighted by Gasteiger charge is -2.06. The highest BCUT2D eigenvalue weighted by Gasteiger charge is 1.99. The van der Waals surface area contributed by atoms with Gasteiger partial charge in [0.1, 0.15) is 5.82 Å². The van der Waals surface area contributed by atoms with Gasteiger partial charge in [0.05, 0.1) is 6.20 Å². The maximum absolute atomic E-state index is 4.33. The molecule has 1 aromatic carbocycles. The van der Waals surface area contributed by atoms with Gasteiger partial charge in [-0.25, -0.2) is 0 Å². The van der Waals surface area contributed by atoms with Crippen molar-refractivity contribution in [3.05, 3.63) is 42.1 Å². The monoisotopic (exact) mass is 243 g/mol. The highest BCUT2D eigenvalue weighted by Crippen LogP contribution is 2.06. The number of hydrogen-bond acceptors (Lipinski definition) is 5. The molecular weight excluding hydrogens is 226 g/mol. The average Bonchev–Trinajstić information content (AvgIpc) is 2.44. The van der Waals surface area contributed by atoms with Crippen LogP contribution in [0.3, 0.4) is 0 Å². The van der Waals surface area contributed by atoms with Crippen LogP contribution in [-0.2, 0) is 6.54 Å². The van der Waals surface area contributed by atoms with Crippen LogP contribution in [-0.4, -0.2) is 21.7 Å². The van der Waals surface area contributed by atoms with Crippen molar-refractivity contribution in [2.24, 2.45) is 0 Å². The minimum Gasteiger partial charge on any atom is -0.369 e. The van der Waals surface area contributed by atoms with Gasteiger partial charge in [0.25, 0.3) is 0 Å². The van der Waals surface area contributed by atoms with Crippen molar-refractivity contribution in [3.8, 4) is 0 Å². The van der Waals surface area contributed by atoms with Gasteiger partial charge >= 0.3 is 0 Å². The summed E-state index contributed by atoms with van der Waals surface area (Å²) >= 11 is 0. The van der Waals surface area contributed by atoms with Gasteiger partial charge in [-0.2, -0.15) is 10.1 Å². The van der Waals surface area contributed by atoms with Gasteiger partial charge in [-0.1, -0.05) is 37.3 Å². The minimum absolute atomic E-state index is 0.542. The first kappa shape index (κ1) is 12.3. The average molecular weight is 243 g/mol. The van der Waals surface area contributed by atoms with E-state index in [4.69, 9.17) is 0 Å². The Morgan fingerprint density at radius 3 is 2.72 bits per heavy atom. The molecule has 0 spiro atoms. The highest BCUT2D eigenvalue weighted by atomic mass is 15.3. The Hall–Kier alpha value is -2.17. The summed E-state index contributed by atoms with van der Waals surface area (Å²) in [5, 5.41) is 14.2. The molecule has 0 unspecified atom stereocenters. The normalized spacial score (nSPS) is 10.1. The van der Waals surface area contributed by atoms with Gasteiger partial charge in [0, 0.05) is 13.1 Å². The number of nitrogens with zero attached hydrogens (tertiary/aromatic N) is 3. The van der Waals surface area contributed by atoms with E-state index in [2.05, 4.69) is 44.9 Å². The van der Waals surface area contributed by atoms with Crippen LogP contribution in [0, 0.1) is 0 Å². The Bertz CT molecular complexity index is 472. The first-order valence-electron chi connectivity index (χ1n) is 6.10. The van der Waals surface area contributed by atoms with Crippen LogP contribution in [0.2, 0.25) is 0 Å². The molecule has 1 heterocycles. The van der Waals surface area contributed by atoms with E-state index in [1.165, 1.54) is 5.56 Å². The van der Waals surface area contributed by atoms with Crippen LogP contribution >= 0.6 is 0 Å². The van der Waals surface area contributed by atoms with E-state index in [1.54, 1.807) is 6.20 Å². The lowest BCUT2D eigenvalue weighted by Crippen LogP contribution is -2.08. The largest absolute Gasteiger partial charge is 0.369 e. The lowest BCUT2D eigenvalue weighted by atomic mass is 10.2. The van der Waals surface area contributed by atoms with E-state index in [0.29, 0.717) is 12.5 Å². The molecule has 1 aromatic heterocycles. The summed E-state index contributed by atoms with van der Waals surface area (Å²) in [5.74, 6) is 1.29. The molecule has 5 heteroatoms. The van der Waals surface area contributed by atoms with Crippen molar-refractivity contribution >= 4 is 11.8 Å². The first-order chi connectivity index (χ1) is 8.88. The molecule has 2 N–H and O–H groups in total. The van der Waals surface area contributed by atoms with Gasteiger partial charge in [-0.05, 0) is 12.0 Å². The Kier molecular flexibility index (Phi) is 4.46. The third-order valence-electron chi connectivity index (χ3n) is 2.41. The van der Waals surface area contributed by atoms with Crippen molar-refractivity contribution in [1.82, 2.24) is 15.2 Å². The van der Waals surface area contributed by atoms with Crippen molar-refractivity contribution in [2.75, 3.05) is 17.2 Å². The van der Waals surface area contributed by atoms with Crippen LogP contribution in [0.4, 0.5) is 11.8 Å². The fraction of sp³-hybridized carbons (Fsp3) is 0.308. The number of nitrogens with one attached hydrogen (secondary N) is 2. The zero-order chi connectivity index (χ0) is 12.6. The van der Waals surface area contributed by atoms with Crippen LogP contribution in [0.15, 0.2) is 36.5 Å². The van der Waals surface area contributed by atoms with Crippen molar-refractivity contribution < 1.29 is 0 Å². The molecule has 0 radical (unpaired) electrons. The molecule has 0 aliphatic carbocycles. The Morgan fingerprint density at radius 1 is 1.11 bits per heavy atom. The second-order valence-electron chi connectivity index (χ2n) is 3.93. The maximum Gasteiger partial charge on any atom is 0.244 e. The van der Waals surface area contributed by atoms with Gasteiger partial charge in [0.15, 0.2) is 0 Å². The summed E-state index contributed by atoms with van der Waals surface area (Å²) in [6.07, 6.45) is 2.68. The standard InChI is InChI=1S/C13H17N5/c1-2-8-14-12-10-16-18-13(17-12)15-9-11-6-4-3-5-7-11/h3-7,10H,2,8-9H2,1H3,(H2,14,15,17,18). The van der Waals surface area contributed by atoms with Crippen molar-refractivity contribution in [3.63, 3.8) is 0 Å². The third-order valence-corrected chi connectivity index (χ3v) is 2.41. The van der Waals surface area contributed by atoms with Gasteiger partial charge < -0.3 is 10.6 Å². The molecule has 0 bridgehead atoms. The summed E-state index contributed by atoms with van der Waals surface area (Å²) in [4.78, 5) is 4.33. The molecule has 0 aliphatic rings. The Morgan fingerprint density at radius 2 is 1.94 bits per heavy atom. The van der Waals surface area contributed by atoms with E-state index in [1.807, 2.05) is 18.2 Å². The summed E-state index contributed by atoms with van der Waals surface area (Å²) in [6, 6.07) is 10.1. The highest BCUT2D eigenvalue weighted by molar-refractivity contribution is 5.37. The van der Waals surface area contributed by atoms with E-state index < -0.39 is 0 Å². The van der Waals surface area contributed by atoms with Crippen LogP contribution < -0.4 is 10.6 Å². The third kappa shape index (κ3) is 3.69. The number of benzene rings is 1. The molecule has 0 atom stereocenters. The molecule has 2 rings (SSSR count). The predicted octanol–water partition coefficient (Wildman–Crippen LogP) is 2.31. The van der Waals surface area contributed by atoms with E-state index in [0.717, 1.165) is 18.8 Å². The van der Waals surface area contributed by atoms with Crippen LogP contribution in [0.1, 0.15) is 18.9 Å². The van der Waals surface area contributed by atoms with Gasteiger partial charge in [-0.15, -0.1) is 5.10 Å². The molecule has 18 heavy (non-hydrogen) atoms. The van der Waals surface area contributed by atoms with E-state index in [-0.39, 0.29) is 0 Å². The Labute approximate surface area is 107 Å². The summed E-state index contributed by atoms with van der Waals surface area (Å²) < 4.78 is 0. The molecule has 0 aliphatic heterocycles. The van der Waals surface area contributed by atoms with Crippen molar-refractivity contribution in [2.45, 2.75) is 19.9 Å².